The Morgan fingerprint density at radius 3 is 2.58 bits per heavy atom. The molecule has 0 aliphatic carbocycles. The Hall–Kier alpha value is -3.55. The van der Waals surface area contributed by atoms with Gasteiger partial charge in [-0.05, 0) is 44.4 Å². The van der Waals surface area contributed by atoms with Crippen LogP contribution in [0.15, 0.2) is 36.7 Å². The molecule has 8 nitrogen and oxygen atoms in total. The third-order valence-electron chi connectivity index (χ3n) is 6.09. The summed E-state index contributed by atoms with van der Waals surface area (Å²) >= 11 is 0. The smallest absolute Gasteiger partial charge is 0.163 e. The molecule has 1 atom stereocenters. The molecule has 1 aliphatic rings. The number of hydrogen-bond acceptors (Lipinski definition) is 6. The van der Waals surface area contributed by atoms with E-state index < -0.39 is 0 Å². The number of aryl methyl sites for hydroxylation is 1. The van der Waals surface area contributed by atoms with Crippen LogP contribution in [-0.4, -0.2) is 45.7 Å². The molecule has 2 aromatic heterocycles. The predicted octanol–water partition coefficient (Wildman–Crippen LogP) is 3.79. The van der Waals surface area contributed by atoms with Gasteiger partial charge in [0.05, 0.1) is 48.9 Å². The first-order valence-electron chi connectivity index (χ1n) is 10.3. The topological polar surface area (TPSA) is 81.1 Å². The van der Waals surface area contributed by atoms with E-state index in [0.29, 0.717) is 11.5 Å². The molecule has 5 rings (SSSR count). The van der Waals surface area contributed by atoms with Crippen LogP contribution in [0, 0.1) is 13.0 Å². The maximum Gasteiger partial charge on any atom is 0.163 e. The quantitative estimate of drug-likeness (QED) is 0.532. The molecule has 1 saturated heterocycles. The molecule has 1 aliphatic heterocycles. The highest BCUT2D eigenvalue weighted by Gasteiger charge is 2.42. The van der Waals surface area contributed by atoms with E-state index >= 15 is 0 Å². The summed E-state index contributed by atoms with van der Waals surface area (Å²) in [4.78, 5) is 12.5. The first-order chi connectivity index (χ1) is 15.0. The zero-order valence-electron chi connectivity index (χ0n) is 18.1. The van der Waals surface area contributed by atoms with Crippen molar-refractivity contribution in [2.24, 2.45) is 0 Å². The molecule has 159 valence electrons. The van der Waals surface area contributed by atoms with Crippen LogP contribution in [0.5, 0.6) is 11.5 Å². The summed E-state index contributed by atoms with van der Waals surface area (Å²) in [5.41, 5.74) is 4.48. The van der Waals surface area contributed by atoms with Crippen molar-refractivity contribution in [1.29, 1.82) is 0 Å². The lowest BCUT2D eigenvalue weighted by atomic mass is 9.97. The van der Waals surface area contributed by atoms with Crippen molar-refractivity contribution >= 4 is 16.7 Å². The maximum atomic E-state index is 5.46. The number of H-pyrrole nitrogens is 1. The molecule has 4 aromatic rings. The summed E-state index contributed by atoms with van der Waals surface area (Å²) < 4.78 is 10.9. The van der Waals surface area contributed by atoms with Crippen molar-refractivity contribution in [3.8, 4) is 17.2 Å². The molecule has 0 saturated carbocycles. The predicted molar refractivity (Wildman–Crippen MR) is 118 cm³/mol. The SMILES string of the molecule is COc1cc2nc([C@]3(C)CCCN3c3cc(C)c[c]c3-n3nccn3)[nH]c2cc1OC. The molecule has 0 bridgehead atoms. The molecule has 2 aromatic carbocycles. The molecule has 1 fully saturated rings. The van der Waals surface area contributed by atoms with Crippen LogP contribution < -0.4 is 14.4 Å². The highest BCUT2D eigenvalue weighted by molar-refractivity contribution is 5.80. The zero-order valence-corrected chi connectivity index (χ0v) is 18.1. The number of nitrogens with one attached hydrogen (secondary N) is 1. The minimum absolute atomic E-state index is 0.316. The van der Waals surface area contributed by atoms with E-state index in [2.05, 4.69) is 46.1 Å². The largest absolute Gasteiger partial charge is 0.493 e. The third-order valence-corrected chi connectivity index (χ3v) is 6.09. The van der Waals surface area contributed by atoms with Crippen molar-refractivity contribution < 1.29 is 9.47 Å². The highest BCUT2D eigenvalue weighted by Crippen LogP contribution is 2.43. The summed E-state index contributed by atoms with van der Waals surface area (Å²) in [6.07, 6.45) is 5.39. The monoisotopic (exact) mass is 417 g/mol. The lowest BCUT2D eigenvalue weighted by Crippen LogP contribution is -2.40. The van der Waals surface area contributed by atoms with E-state index in [1.807, 2.05) is 18.2 Å². The molecular formula is C23H25N6O2. The Bertz CT molecular complexity index is 1190. The number of imidazole rings is 1. The molecule has 0 amide bonds. The van der Waals surface area contributed by atoms with Crippen LogP contribution in [0.1, 0.15) is 31.2 Å². The lowest BCUT2D eigenvalue weighted by Gasteiger charge is -2.36. The number of rotatable bonds is 5. The molecule has 0 unspecified atom stereocenters. The van der Waals surface area contributed by atoms with Crippen LogP contribution in [0.25, 0.3) is 16.7 Å². The van der Waals surface area contributed by atoms with Gasteiger partial charge in [-0.3, -0.25) is 0 Å². The minimum atomic E-state index is -0.316. The van der Waals surface area contributed by atoms with Crippen molar-refractivity contribution in [1.82, 2.24) is 25.0 Å². The third kappa shape index (κ3) is 3.10. The van der Waals surface area contributed by atoms with Gasteiger partial charge in [-0.25, -0.2) is 4.98 Å². The summed E-state index contributed by atoms with van der Waals surface area (Å²) in [5.74, 6) is 2.26. The van der Waals surface area contributed by atoms with Gasteiger partial charge in [0.1, 0.15) is 11.5 Å². The van der Waals surface area contributed by atoms with Gasteiger partial charge in [0.25, 0.3) is 0 Å². The van der Waals surface area contributed by atoms with Crippen molar-refractivity contribution in [3.63, 3.8) is 0 Å². The van der Waals surface area contributed by atoms with Crippen LogP contribution in [0.2, 0.25) is 0 Å². The first-order valence-corrected chi connectivity index (χ1v) is 10.3. The molecular weight excluding hydrogens is 392 g/mol. The van der Waals surface area contributed by atoms with Crippen LogP contribution in [-0.2, 0) is 5.54 Å². The summed E-state index contributed by atoms with van der Waals surface area (Å²) in [6.45, 7) is 5.22. The Morgan fingerprint density at radius 2 is 1.84 bits per heavy atom. The lowest BCUT2D eigenvalue weighted by molar-refractivity contribution is 0.356. The maximum absolute atomic E-state index is 5.46. The Labute approximate surface area is 180 Å². The molecule has 1 radical (unpaired) electrons. The number of methoxy groups -OCH3 is 2. The summed E-state index contributed by atoms with van der Waals surface area (Å²) in [5, 5.41) is 8.68. The number of nitrogens with zero attached hydrogens (tertiary/aromatic N) is 5. The number of aromatic amines is 1. The number of fused-ring (bicyclic) bond motifs is 1. The minimum Gasteiger partial charge on any atom is -0.493 e. The number of hydrogen-bond donors (Lipinski definition) is 1. The van der Waals surface area contributed by atoms with Crippen molar-refractivity contribution in [3.05, 3.63) is 54.1 Å². The average Bonchev–Trinajstić information content (AvgIpc) is 3.52. The second-order valence-corrected chi connectivity index (χ2v) is 8.07. The number of ether oxygens (including phenoxy) is 2. The molecule has 31 heavy (non-hydrogen) atoms. The van der Waals surface area contributed by atoms with Crippen molar-refractivity contribution in [2.45, 2.75) is 32.2 Å². The number of anilines is 1. The highest BCUT2D eigenvalue weighted by atomic mass is 16.5. The van der Waals surface area contributed by atoms with Gasteiger partial charge < -0.3 is 19.4 Å². The van der Waals surface area contributed by atoms with Gasteiger partial charge in [0, 0.05) is 24.7 Å². The van der Waals surface area contributed by atoms with E-state index in [9.17, 15) is 0 Å². The van der Waals surface area contributed by atoms with E-state index in [1.54, 1.807) is 31.4 Å². The van der Waals surface area contributed by atoms with Crippen LogP contribution >= 0.6 is 0 Å². The van der Waals surface area contributed by atoms with Crippen LogP contribution in [0.4, 0.5) is 5.69 Å². The fourth-order valence-electron chi connectivity index (χ4n) is 4.47. The number of benzene rings is 2. The van der Waals surface area contributed by atoms with Crippen LogP contribution in [0.3, 0.4) is 0 Å². The van der Waals surface area contributed by atoms with E-state index in [-0.39, 0.29) is 5.54 Å². The van der Waals surface area contributed by atoms with Gasteiger partial charge in [0.2, 0.25) is 0 Å². The van der Waals surface area contributed by atoms with Gasteiger partial charge in [-0.15, -0.1) is 4.80 Å². The normalized spacial score (nSPS) is 18.6. The zero-order chi connectivity index (χ0) is 21.6. The second kappa shape index (κ2) is 7.30. The Kier molecular flexibility index (Phi) is 4.57. The number of aromatic nitrogens is 5. The fraction of sp³-hybridized carbons (Fsp3) is 0.348. The standard InChI is InChI=1S/C23H25N6O2/c1-15-6-7-18(29-24-9-10-25-29)19(12-15)28-11-5-8-23(28,2)22-26-16-13-20(30-3)21(31-4)14-17(16)27-22/h6,9-10,12-14H,5,8,11H2,1-4H3,(H,26,27)/t23-/m0/s1. The van der Waals surface area contributed by atoms with Crippen molar-refractivity contribution in [2.75, 3.05) is 25.7 Å². The van der Waals surface area contributed by atoms with Gasteiger partial charge in [0.15, 0.2) is 11.5 Å². The average molecular weight is 417 g/mol. The Balaban J connectivity index is 1.63. The molecule has 3 heterocycles. The van der Waals surface area contributed by atoms with E-state index in [4.69, 9.17) is 14.5 Å². The second-order valence-electron chi connectivity index (χ2n) is 8.07. The molecule has 1 N–H and O–H groups in total. The van der Waals surface area contributed by atoms with E-state index in [0.717, 1.165) is 53.2 Å². The Morgan fingerprint density at radius 1 is 1.10 bits per heavy atom. The molecule has 0 spiro atoms. The fourth-order valence-corrected chi connectivity index (χ4v) is 4.47. The first kappa shape index (κ1) is 19.4. The summed E-state index contributed by atoms with van der Waals surface area (Å²) in [6, 6.07) is 11.4. The van der Waals surface area contributed by atoms with E-state index in [1.165, 1.54) is 0 Å². The van der Waals surface area contributed by atoms with Gasteiger partial charge in [-0.2, -0.15) is 10.2 Å². The summed E-state index contributed by atoms with van der Waals surface area (Å²) in [7, 11) is 3.27. The van der Waals surface area contributed by atoms with Gasteiger partial charge >= 0.3 is 0 Å². The molecule has 8 heteroatoms. The van der Waals surface area contributed by atoms with Gasteiger partial charge in [-0.1, -0.05) is 0 Å².